The van der Waals surface area contributed by atoms with E-state index in [1.807, 2.05) is 0 Å². The summed E-state index contributed by atoms with van der Waals surface area (Å²) in [7, 11) is -3.05. The topological polar surface area (TPSA) is 107 Å². The fourth-order valence-corrected chi connectivity index (χ4v) is 4.37. The molecule has 0 saturated carbocycles. The first-order valence-corrected chi connectivity index (χ1v) is 9.10. The van der Waals surface area contributed by atoms with Gasteiger partial charge in [0.1, 0.15) is 6.33 Å². The minimum Gasteiger partial charge on any atom is -0.348 e. The van der Waals surface area contributed by atoms with Gasteiger partial charge in [-0.25, -0.2) is 8.42 Å². The summed E-state index contributed by atoms with van der Waals surface area (Å²) in [6.07, 6.45) is 1.82. The van der Waals surface area contributed by atoms with Gasteiger partial charge in [-0.2, -0.15) is 4.68 Å². The monoisotopic (exact) mass is 385 g/mol. The zero-order chi connectivity index (χ0) is 15.7. The lowest BCUT2D eigenvalue weighted by molar-refractivity contribution is 0.0941. The zero-order valence-corrected chi connectivity index (χ0v) is 13.7. The molecule has 1 aromatic heterocycles. The summed E-state index contributed by atoms with van der Waals surface area (Å²) in [5.74, 6) is -0.266. The predicted molar refractivity (Wildman–Crippen MR) is 81.4 cm³/mol. The number of tetrazole rings is 1. The lowest BCUT2D eigenvalue weighted by atomic mass is 10.1. The molecular weight excluding hydrogens is 374 g/mol. The number of carbonyl (C=O) groups excluding carboxylic acids is 1. The van der Waals surface area contributed by atoms with Gasteiger partial charge in [0.2, 0.25) is 0 Å². The maximum Gasteiger partial charge on any atom is 0.253 e. The van der Waals surface area contributed by atoms with Crippen molar-refractivity contribution in [1.82, 2.24) is 25.5 Å². The Morgan fingerprint density at radius 3 is 2.86 bits per heavy atom. The number of aromatic nitrogens is 4. The first kappa shape index (κ1) is 15.1. The fraction of sp³-hybridized carbons (Fsp3) is 0.333. The predicted octanol–water partition coefficient (Wildman–Crippen LogP) is 0.342. The van der Waals surface area contributed by atoms with E-state index < -0.39 is 9.84 Å². The highest BCUT2D eigenvalue weighted by atomic mass is 79.9. The molecule has 2 heterocycles. The third-order valence-electron chi connectivity index (χ3n) is 3.37. The number of benzene rings is 1. The van der Waals surface area contributed by atoms with Crippen LogP contribution in [0.15, 0.2) is 29.0 Å². The van der Waals surface area contributed by atoms with Crippen LogP contribution in [0, 0.1) is 0 Å². The summed E-state index contributed by atoms with van der Waals surface area (Å²) in [5.41, 5.74) is 0.887. The summed E-state index contributed by atoms with van der Waals surface area (Å²) >= 11 is 3.32. The van der Waals surface area contributed by atoms with Crippen molar-refractivity contribution in [2.75, 3.05) is 11.5 Å². The van der Waals surface area contributed by atoms with E-state index in [-0.39, 0.29) is 23.5 Å². The molecular formula is C12H12BrN5O3S. The summed E-state index contributed by atoms with van der Waals surface area (Å²) in [5, 5.41) is 13.6. The van der Waals surface area contributed by atoms with Gasteiger partial charge in [-0.05, 0) is 35.0 Å². The van der Waals surface area contributed by atoms with Gasteiger partial charge in [0.15, 0.2) is 9.84 Å². The SMILES string of the molecule is O=C(NC1CCS(=O)(=O)C1)c1cc(Br)ccc1-n1cnnn1. The molecule has 1 amide bonds. The number of rotatable bonds is 3. The quantitative estimate of drug-likeness (QED) is 0.816. The average molecular weight is 386 g/mol. The molecule has 10 heteroatoms. The molecule has 1 fully saturated rings. The van der Waals surface area contributed by atoms with Crippen molar-refractivity contribution < 1.29 is 13.2 Å². The summed E-state index contributed by atoms with van der Waals surface area (Å²) in [6.45, 7) is 0. The van der Waals surface area contributed by atoms with Gasteiger partial charge in [0.05, 0.1) is 22.8 Å². The van der Waals surface area contributed by atoms with Crippen LogP contribution in [0.5, 0.6) is 0 Å². The first-order valence-electron chi connectivity index (χ1n) is 6.49. The van der Waals surface area contributed by atoms with E-state index in [1.54, 1.807) is 18.2 Å². The van der Waals surface area contributed by atoms with Crippen LogP contribution in [0.1, 0.15) is 16.8 Å². The molecule has 1 aromatic carbocycles. The highest BCUT2D eigenvalue weighted by Gasteiger charge is 2.29. The molecule has 2 aromatic rings. The molecule has 22 heavy (non-hydrogen) atoms. The van der Waals surface area contributed by atoms with E-state index in [0.717, 1.165) is 4.47 Å². The number of amides is 1. The van der Waals surface area contributed by atoms with Crippen LogP contribution < -0.4 is 5.32 Å². The second-order valence-corrected chi connectivity index (χ2v) is 8.13. The molecule has 1 aliphatic heterocycles. The Balaban J connectivity index is 1.87. The van der Waals surface area contributed by atoms with E-state index in [2.05, 4.69) is 36.8 Å². The molecule has 3 rings (SSSR count). The molecule has 116 valence electrons. The van der Waals surface area contributed by atoms with Crippen LogP contribution in [-0.2, 0) is 9.84 Å². The molecule has 1 aliphatic rings. The van der Waals surface area contributed by atoms with Crippen LogP contribution in [0.3, 0.4) is 0 Å². The lowest BCUT2D eigenvalue weighted by Gasteiger charge is -2.13. The van der Waals surface area contributed by atoms with Gasteiger partial charge in [-0.15, -0.1) is 5.10 Å². The van der Waals surface area contributed by atoms with Gasteiger partial charge in [-0.3, -0.25) is 4.79 Å². The highest BCUT2D eigenvalue weighted by molar-refractivity contribution is 9.10. The number of halogens is 1. The van der Waals surface area contributed by atoms with E-state index in [1.165, 1.54) is 11.0 Å². The maximum absolute atomic E-state index is 12.5. The van der Waals surface area contributed by atoms with Crippen molar-refractivity contribution in [2.45, 2.75) is 12.5 Å². The van der Waals surface area contributed by atoms with Gasteiger partial charge < -0.3 is 5.32 Å². The molecule has 1 saturated heterocycles. The Kier molecular flexibility index (Phi) is 3.96. The molecule has 0 spiro atoms. The first-order chi connectivity index (χ1) is 10.4. The van der Waals surface area contributed by atoms with Gasteiger partial charge in [-0.1, -0.05) is 15.9 Å². The molecule has 1 N–H and O–H groups in total. The van der Waals surface area contributed by atoms with Gasteiger partial charge in [0, 0.05) is 10.5 Å². The van der Waals surface area contributed by atoms with Crippen molar-refractivity contribution in [3.63, 3.8) is 0 Å². The number of hydrogen-bond donors (Lipinski definition) is 1. The smallest absolute Gasteiger partial charge is 0.253 e. The molecule has 0 radical (unpaired) electrons. The molecule has 0 bridgehead atoms. The number of nitrogens with zero attached hydrogens (tertiary/aromatic N) is 4. The summed E-state index contributed by atoms with van der Waals surface area (Å²) < 4.78 is 25.1. The van der Waals surface area contributed by atoms with E-state index in [4.69, 9.17) is 0 Å². The molecule has 1 atom stereocenters. The Labute approximate surface area is 134 Å². The second-order valence-electron chi connectivity index (χ2n) is 4.99. The molecule has 8 nitrogen and oxygen atoms in total. The van der Waals surface area contributed by atoms with Crippen LogP contribution in [0.25, 0.3) is 5.69 Å². The fourth-order valence-electron chi connectivity index (χ4n) is 2.33. The van der Waals surface area contributed by atoms with E-state index >= 15 is 0 Å². The average Bonchev–Trinajstić information content (AvgIpc) is 3.08. The van der Waals surface area contributed by atoms with Crippen LogP contribution in [0.2, 0.25) is 0 Å². The van der Waals surface area contributed by atoms with E-state index in [0.29, 0.717) is 17.7 Å². The molecule has 0 aliphatic carbocycles. The third kappa shape index (κ3) is 3.17. The maximum atomic E-state index is 12.5. The van der Waals surface area contributed by atoms with Crippen molar-refractivity contribution in [2.24, 2.45) is 0 Å². The number of sulfone groups is 1. The summed E-state index contributed by atoms with van der Waals surface area (Å²) in [4.78, 5) is 12.5. The van der Waals surface area contributed by atoms with Gasteiger partial charge in [0.25, 0.3) is 5.91 Å². The number of carbonyl (C=O) groups is 1. The second kappa shape index (κ2) is 5.76. The van der Waals surface area contributed by atoms with Gasteiger partial charge >= 0.3 is 0 Å². The Bertz CT molecular complexity index is 806. The lowest BCUT2D eigenvalue weighted by Crippen LogP contribution is -2.36. The number of nitrogens with one attached hydrogen (secondary N) is 1. The van der Waals surface area contributed by atoms with Crippen molar-refractivity contribution in [3.8, 4) is 5.69 Å². The van der Waals surface area contributed by atoms with Crippen molar-refractivity contribution in [3.05, 3.63) is 34.6 Å². The van der Waals surface area contributed by atoms with Crippen LogP contribution in [0.4, 0.5) is 0 Å². The third-order valence-corrected chi connectivity index (χ3v) is 5.63. The van der Waals surface area contributed by atoms with Crippen LogP contribution >= 0.6 is 15.9 Å². The minimum absolute atomic E-state index is 0.0209. The highest BCUT2D eigenvalue weighted by Crippen LogP contribution is 2.20. The Hall–Kier alpha value is -1.81. The van der Waals surface area contributed by atoms with Crippen molar-refractivity contribution >= 4 is 31.7 Å². The Morgan fingerprint density at radius 1 is 1.41 bits per heavy atom. The normalized spacial score (nSPS) is 20.0. The zero-order valence-electron chi connectivity index (χ0n) is 11.3. The minimum atomic E-state index is -3.05. The number of hydrogen-bond acceptors (Lipinski definition) is 6. The largest absolute Gasteiger partial charge is 0.348 e. The Morgan fingerprint density at radius 2 is 2.23 bits per heavy atom. The summed E-state index contributed by atoms with van der Waals surface area (Å²) in [6, 6.07) is 4.77. The van der Waals surface area contributed by atoms with Crippen molar-refractivity contribution in [1.29, 1.82) is 0 Å². The van der Waals surface area contributed by atoms with E-state index in [9.17, 15) is 13.2 Å². The van der Waals surface area contributed by atoms with Crippen LogP contribution in [-0.4, -0.2) is 52.1 Å². The standard InChI is InChI=1S/C12H12BrN5O3S/c13-8-1-2-11(18-7-14-16-17-18)10(5-8)12(19)15-9-3-4-22(20,21)6-9/h1-2,5,7,9H,3-4,6H2,(H,15,19). The molecule has 1 unspecified atom stereocenters.